The van der Waals surface area contributed by atoms with Gasteiger partial charge in [0, 0.05) is 18.5 Å². The molecule has 3 aromatic carbocycles. The summed E-state index contributed by atoms with van der Waals surface area (Å²) in [5.74, 6) is 2.01. The minimum Gasteiger partial charge on any atom is -0.492 e. The van der Waals surface area contributed by atoms with E-state index in [0.29, 0.717) is 18.7 Å². The molecular formula is C30H35N3O2. The molecule has 5 heteroatoms. The molecule has 1 aromatic heterocycles. The molecule has 0 unspecified atom stereocenters. The molecule has 0 aliphatic heterocycles. The van der Waals surface area contributed by atoms with E-state index in [1.54, 1.807) is 0 Å². The molecule has 4 rings (SSSR count). The van der Waals surface area contributed by atoms with Crippen molar-refractivity contribution < 1.29 is 9.53 Å². The second kappa shape index (κ2) is 11.7. The zero-order valence-electron chi connectivity index (χ0n) is 21.0. The Morgan fingerprint density at radius 2 is 1.63 bits per heavy atom. The lowest BCUT2D eigenvalue weighted by Gasteiger charge is -2.12. The van der Waals surface area contributed by atoms with Crippen molar-refractivity contribution in [2.75, 3.05) is 13.2 Å². The molecule has 4 aromatic rings. The van der Waals surface area contributed by atoms with Crippen molar-refractivity contribution >= 4 is 16.9 Å². The van der Waals surface area contributed by atoms with E-state index in [9.17, 15) is 4.79 Å². The highest BCUT2D eigenvalue weighted by Gasteiger charge is 2.11. The summed E-state index contributed by atoms with van der Waals surface area (Å²) < 4.78 is 8.37. The molecule has 0 radical (unpaired) electrons. The number of hydrogen-bond donors (Lipinski definition) is 1. The Hall–Kier alpha value is -3.60. The minimum atomic E-state index is -0.00408. The van der Waals surface area contributed by atoms with Crippen molar-refractivity contribution in [3.05, 3.63) is 94.8 Å². The van der Waals surface area contributed by atoms with Crippen LogP contribution in [-0.2, 0) is 13.0 Å². The largest absolute Gasteiger partial charge is 0.492 e. The van der Waals surface area contributed by atoms with Crippen LogP contribution in [0.25, 0.3) is 11.0 Å². The summed E-state index contributed by atoms with van der Waals surface area (Å²) in [5.41, 5.74) is 6.47. The van der Waals surface area contributed by atoms with Gasteiger partial charge in [0.05, 0.1) is 17.6 Å². The van der Waals surface area contributed by atoms with Gasteiger partial charge < -0.3 is 14.6 Å². The maximum Gasteiger partial charge on any atom is 0.251 e. The second-order valence-corrected chi connectivity index (χ2v) is 9.27. The fourth-order valence-electron chi connectivity index (χ4n) is 4.43. The van der Waals surface area contributed by atoms with Gasteiger partial charge in [0.2, 0.25) is 0 Å². The van der Waals surface area contributed by atoms with Crippen LogP contribution in [0.3, 0.4) is 0 Å². The molecule has 0 spiro atoms. The number of benzene rings is 3. The first-order valence-corrected chi connectivity index (χ1v) is 12.5. The van der Waals surface area contributed by atoms with Gasteiger partial charge in [-0.25, -0.2) is 4.98 Å². The summed E-state index contributed by atoms with van der Waals surface area (Å²) in [4.78, 5) is 17.2. The molecule has 5 nitrogen and oxygen atoms in total. The summed E-state index contributed by atoms with van der Waals surface area (Å²) in [5, 5.41) is 3.02. The Balaban J connectivity index is 1.28. The number of fused-ring (bicyclic) bond motifs is 1. The highest BCUT2D eigenvalue weighted by molar-refractivity contribution is 5.94. The van der Waals surface area contributed by atoms with Crippen LogP contribution in [0.5, 0.6) is 5.75 Å². The maximum atomic E-state index is 12.3. The lowest BCUT2D eigenvalue weighted by molar-refractivity contribution is 0.0953. The standard InChI is InChI=1S/C30H35N3O2/c1-22-12-14-25(15-13-22)30(34)31-16-8-4-5-11-29-32-27-9-6-7-10-28(27)33(29)17-18-35-26-20-23(2)19-24(3)21-26/h6-7,9-10,12-15,19-21H,4-5,8,11,16-18H2,1-3H3,(H,31,34). The maximum absolute atomic E-state index is 12.3. The van der Waals surface area contributed by atoms with Gasteiger partial charge in [-0.1, -0.05) is 42.3 Å². The zero-order chi connectivity index (χ0) is 24.6. The molecule has 0 saturated carbocycles. The second-order valence-electron chi connectivity index (χ2n) is 9.27. The van der Waals surface area contributed by atoms with E-state index in [4.69, 9.17) is 9.72 Å². The molecule has 0 aliphatic carbocycles. The number of rotatable bonds is 11. The summed E-state index contributed by atoms with van der Waals surface area (Å²) >= 11 is 0. The Labute approximate surface area is 208 Å². The van der Waals surface area contributed by atoms with E-state index >= 15 is 0 Å². The van der Waals surface area contributed by atoms with Crippen LogP contribution < -0.4 is 10.1 Å². The van der Waals surface area contributed by atoms with Crippen LogP contribution in [0.1, 0.15) is 52.1 Å². The molecule has 1 amide bonds. The number of nitrogens with zero attached hydrogens (tertiary/aromatic N) is 2. The van der Waals surface area contributed by atoms with Gasteiger partial charge in [0.1, 0.15) is 18.2 Å². The first-order valence-electron chi connectivity index (χ1n) is 12.5. The Bertz CT molecular complexity index is 1250. The van der Waals surface area contributed by atoms with E-state index in [1.807, 2.05) is 37.3 Å². The predicted molar refractivity (Wildman–Crippen MR) is 142 cm³/mol. The average Bonchev–Trinajstić information content (AvgIpc) is 3.18. The number of aromatic nitrogens is 2. The molecule has 0 fully saturated rings. The van der Waals surface area contributed by atoms with Gasteiger partial charge in [0.25, 0.3) is 5.91 Å². The van der Waals surface area contributed by atoms with Crippen LogP contribution in [0, 0.1) is 20.8 Å². The lowest BCUT2D eigenvalue weighted by Crippen LogP contribution is -2.24. The molecular weight excluding hydrogens is 434 g/mol. The third-order valence-corrected chi connectivity index (χ3v) is 6.19. The number of hydrogen-bond acceptors (Lipinski definition) is 3. The van der Waals surface area contributed by atoms with Gasteiger partial charge in [-0.15, -0.1) is 0 Å². The number of para-hydroxylation sites is 2. The Kier molecular flexibility index (Phi) is 8.19. The molecule has 0 aliphatic rings. The fourth-order valence-corrected chi connectivity index (χ4v) is 4.43. The molecule has 35 heavy (non-hydrogen) atoms. The normalized spacial score (nSPS) is 11.1. The Morgan fingerprint density at radius 1 is 0.886 bits per heavy atom. The lowest BCUT2D eigenvalue weighted by atomic mass is 10.1. The molecule has 0 bridgehead atoms. The van der Waals surface area contributed by atoms with E-state index in [1.165, 1.54) is 11.1 Å². The molecule has 0 saturated heterocycles. The fraction of sp³-hybridized carbons (Fsp3) is 0.333. The summed E-state index contributed by atoms with van der Waals surface area (Å²) in [6.45, 7) is 8.25. The zero-order valence-corrected chi connectivity index (χ0v) is 21.0. The van der Waals surface area contributed by atoms with Crippen molar-refractivity contribution in [1.82, 2.24) is 14.9 Å². The monoisotopic (exact) mass is 469 g/mol. The number of ether oxygens (including phenoxy) is 1. The van der Waals surface area contributed by atoms with Crippen molar-refractivity contribution in [3.8, 4) is 5.75 Å². The van der Waals surface area contributed by atoms with E-state index in [0.717, 1.165) is 60.4 Å². The smallest absolute Gasteiger partial charge is 0.251 e. The average molecular weight is 470 g/mol. The summed E-state index contributed by atoms with van der Waals surface area (Å²) in [6, 6.07) is 22.3. The van der Waals surface area contributed by atoms with E-state index < -0.39 is 0 Å². The number of unbranched alkanes of at least 4 members (excludes halogenated alkanes) is 2. The first kappa shape index (κ1) is 24.5. The van der Waals surface area contributed by atoms with Gasteiger partial charge in [-0.2, -0.15) is 0 Å². The number of carbonyl (C=O) groups is 1. The van der Waals surface area contributed by atoms with Gasteiger partial charge >= 0.3 is 0 Å². The molecule has 1 heterocycles. The molecule has 1 N–H and O–H groups in total. The molecule has 182 valence electrons. The molecule has 0 atom stereocenters. The SMILES string of the molecule is Cc1ccc(C(=O)NCCCCCc2nc3ccccc3n2CCOc2cc(C)cc(C)c2)cc1. The minimum absolute atomic E-state index is 0.00408. The number of carbonyl (C=O) groups excluding carboxylic acids is 1. The highest BCUT2D eigenvalue weighted by Crippen LogP contribution is 2.20. The topological polar surface area (TPSA) is 56.2 Å². The van der Waals surface area contributed by atoms with Crippen molar-refractivity contribution in [1.29, 1.82) is 0 Å². The van der Waals surface area contributed by atoms with E-state index in [-0.39, 0.29) is 5.91 Å². The highest BCUT2D eigenvalue weighted by atomic mass is 16.5. The van der Waals surface area contributed by atoms with Crippen LogP contribution in [0.2, 0.25) is 0 Å². The van der Waals surface area contributed by atoms with Crippen LogP contribution in [-0.4, -0.2) is 28.6 Å². The summed E-state index contributed by atoms with van der Waals surface area (Å²) in [6.07, 6.45) is 3.93. The van der Waals surface area contributed by atoms with Crippen LogP contribution in [0.4, 0.5) is 0 Å². The van der Waals surface area contributed by atoms with Gasteiger partial charge in [-0.3, -0.25) is 4.79 Å². The van der Waals surface area contributed by atoms with Crippen molar-refractivity contribution in [2.24, 2.45) is 0 Å². The van der Waals surface area contributed by atoms with Crippen molar-refractivity contribution in [2.45, 2.75) is 53.0 Å². The Morgan fingerprint density at radius 3 is 2.40 bits per heavy atom. The number of imidazole rings is 1. The first-order chi connectivity index (χ1) is 17.0. The van der Waals surface area contributed by atoms with Gasteiger partial charge in [0.15, 0.2) is 0 Å². The third-order valence-electron chi connectivity index (χ3n) is 6.19. The quantitative estimate of drug-likeness (QED) is 0.267. The van der Waals surface area contributed by atoms with Crippen LogP contribution >= 0.6 is 0 Å². The van der Waals surface area contributed by atoms with E-state index in [2.05, 4.69) is 60.1 Å². The summed E-state index contributed by atoms with van der Waals surface area (Å²) in [7, 11) is 0. The van der Waals surface area contributed by atoms with Gasteiger partial charge in [-0.05, 0) is 81.1 Å². The number of nitrogens with one attached hydrogen (secondary N) is 1. The predicted octanol–water partition coefficient (Wildman–Crippen LogP) is 6.18. The number of aryl methyl sites for hydroxylation is 4. The van der Waals surface area contributed by atoms with Crippen molar-refractivity contribution in [3.63, 3.8) is 0 Å². The number of amides is 1. The van der Waals surface area contributed by atoms with Crippen LogP contribution in [0.15, 0.2) is 66.7 Å². The third kappa shape index (κ3) is 6.72.